The highest BCUT2D eigenvalue weighted by Gasteiger charge is 2.33. The minimum Gasteiger partial charge on any atom is -0.481 e. The van der Waals surface area contributed by atoms with Crippen LogP contribution in [0.4, 0.5) is 30.8 Å². The summed E-state index contributed by atoms with van der Waals surface area (Å²) < 4.78 is 49.8. The van der Waals surface area contributed by atoms with Gasteiger partial charge in [0.2, 0.25) is 23.7 Å². The average Bonchev–Trinajstić information content (AvgIpc) is 3.23. The predicted octanol–water partition coefficient (Wildman–Crippen LogP) is 5.06. The number of anilines is 3. The van der Waals surface area contributed by atoms with Crippen molar-refractivity contribution in [3.05, 3.63) is 59.1 Å². The van der Waals surface area contributed by atoms with Gasteiger partial charge in [0.15, 0.2) is 5.82 Å². The second-order valence-corrected chi connectivity index (χ2v) is 6.98. The van der Waals surface area contributed by atoms with Crippen LogP contribution in [0.1, 0.15) is 5.56 Å². The van der Waals surface area contributed by atoms with E-state index in [0.29, 0.717) is 17.1 Å². The van der Waals surface area contributed by atoms with E-state index in [9.17, 15) is 13.2 Å². The van der Waals surface area contributed by atoms with Gasteiger partial charge < -0.3 is 25.5 Å². The highest BCUT2D eigenvalue weighted by atomic mass is 35.5. The zero-order valence-corrected chi connectivity index (χ0v) is 17.6. The van der Waals surface area contributed by atoms with Gasteiger partial charge in [-0.15, -0.1) is 10.2 Å². The number of benzene rings is 2. The number of nitrogens with one attached hydrogen (secondary N) is 2. The van der Waals surface area contributed by atoms with Gasteiger partial charge in [-0.05, 0) is 42.5 Å². The Morgan fingerprint density at radius 3 is 2.42 bits per heavy atom. The molecule has 0 saturated heterocycles. The molecule has 9 nitrogen and oxygen atoms in total. The molecule has 0 bridgehead atoms. The number of nitrogen functional groups attached to an aromatic ring is 1. The van der Waals surface area contributed by atoms with Gasteiger partial charge in [0.1, 0.15) is 5.75 Å². The first-order valence-corrected chi connectivity index (χ1v) is 9.62. The molecule has 2 aromatic carbocycles. The van der Waals surface area contributed by atoms with Crippen LogP contribution in [0.25, 0.3) is 11.4 Å². The molecule has 4 aromatic rings. The summed E-state index contributed by atoms with van der Waals surface area (Å²) in [6.45, 7) is 0. The molecule has 0 unspecified atom stereocenters. The van der Waals surface area contributed by atoms with Crippen molar-refractivity contribution in [2.45, 2.75) is 6.18 Å². The summed E-state index contributed by atoms with van der Waals surface area (Å²) in [7, 11) is 1.45. The molecule has 33 heavy (non-hydrogen) atoms. The summed E-state index contributed by atoms with van der Waals surface area (Å²) in [5.41, 5.74) is 5.47. The van der Waals surface area contributed by atoms with Crippen LogP contribution in [0.15, 0.2) is 48.5 Å². The lowest BCUT2D eigenvalue weighted by Gasteiger charge is -2.11. The molecule has 0 amide bonds. The van der Waals surface area contributed by atoms with Gasteiger partial charge in [-0.2, -0.15) is 23.1 Å². The molecular weight excluding hydrogens is 463 g/mol. The van der Waals surface area contributed by atoms with Crippen molar-refractivity contribution in [1.82, 2.24) is 25.1 Å². The molecule has 13 heteroatoms. The minimum absolute atomic E-state index is 0.00528. The number of aromatic nitrogens is 5. The Morgan fingerprint density at radius 2 is 1.73 bits per heavy atom. The van der Waals surface area contributed by atoms with Crippen molar-refractivity contribution in [2.24, 2.45) is 0 Å². The smallest absolute Gasteiger partial charge is 0.417 e. The minimum atomic E-state index is -4.58. The van der Waals surface area contributed by atoms with Crippen LogP contribution in [-0.4, -0.2) is 32.3 Å². The Hall–Kier alpha value is -4.06. The van der Waals surface area contributed by atoms with Crippen molar-refractivity contribution in [3.8, 4) is 28.9 Å². The Morgan fingerprint density at radius 1 is 1.00 bits per heavy atom. The molecule has 170 valence electrons. The third kappa shape index (κ3) is 5.23. The molecule has 0 atom stereocenters. The molecular formula is C20H15ClF3N7O2. The number of rotatable bonds is 6. The zero-order valence-electron chi connectivity index (χ0n) is 16.8. The molecule has 4 N–H and O–H groups in total. The van der Waals surface area contributed by atoms with Gasteiger partial charge in [0, 0.05) is 11.3 Å². The summed E-state index contributed by atoms with van der Waals surface area (Å²) in [5, 5.41) is 10.3. The summed E-state index contributed by atoms with van der Waals surface area (Å²) in [6, 6.07) is 11.7. The van der Waals surface area contributed by atoms with Gasteiger partial charge in [-0.3, -0.25) is 0 Å². The molecule has 2 heterocycles. The second kappa shape index (κ2) is 8.82. The summed E-state index contributed by atoms with van der Waals surface area (Å²) in [5.74, 6) is 1.49. The van der Waals surface area contributed by atoms with Gasteiger partial charge in [0.05, 0.1) is 23.8 Å². The molecule has 0 saturated carbocycles. The lowest BCUT2D eigenvalue weighted by atomic mass is 10.2. The van der Waals surface area contributed by atoms with Gasteiger partial charge >= 0.3 is 6.18 Å². The monoisotopic (exact) mass is 477 g/mol. The maximum atomic E-state index is 13.0. The van der Waals surface area contributed by atoms with E-state index in [-0.39, 0.29) is 29.3 Å². The Balaban J connectivity index is 1.47. The fraction of sp³-hybridized carbons (Fsp3) is 0.100. The average molecular weight is 478 g/mol. The summed E-state index contributed by atoms with van der Waals surface area (Å²) >= 11 is 5.64. The Kier molecular flexibility index (Phi) is 5.92. The van der Waals surface area contributed by atoms with E-state index in [1.54, 1.807) is 24.3 Å². The number of nitrogens with two attached hydrogens (primary N) is 1. The van der Waals surface area contributed by atoms with E-state index in [4.69, 9.17) is 26.8 Å². The molecule has 2 aromatic heterocycles. The van der Waals surface area contributed by atoms with Crippen LogP contribution >= 0.6 is 11.6 Å². The highest BCUT2D eigenvalue weighted by molar-refractivity contribution is 6.31. The highest BCUT2D eigenvalue weighted by Crippen LogP contribution is 2.36. The standard InChI is InChI=1S/C20H15ClF3N7O2/c1-32-15-9-16(28-18(25)27-15)33-12-5-2-10(3-6-12)17-29-19(31-30-17)26-11-4-7-14(21)13(8-11)20(22,23)24/h2-9H,1H3,(H2,25,27,28)(H2,26,29,30,31). The number of methoxy groups -OCH3 is 1. The van der Waals surface area contributed by atoms with Crippen LogP contribution in [0.2, 0.25) is 5.02 Å². The van der Waals surface area contributed by atoms with Gasteiger partial charge in [-0.1, -0.05) is 11.6 Å². The first-order chi connectivity index (χ1) is 15.7. The van der Waals surface area contributed by atoms with E-state index in [1.165, 1.54) is 19.2 Å². The van der Waals surface area contributed by atoms with Crippen molar-refractivity contribution < 1.29 is 22.6 Å². The first kappa shape index (κ1) is 22.1. The number of aromatic amines is 1. The topological polar surface area (TPSA) is 124 Å². The third-order valence-corrected chi connectivity index (χ3v) is 4.61. The maximum absolute atomic E-state index is 13.0. The normalized spacial score (nSPS) is 11.3. The quantitative estimate of drug-likeness (QED) is 0.352. The van der Waals surface area contributed by atoms with E-state index >= 15 is 0 Å². The fourth-order valence-corrected chi connectivity index (χ4v) is 3.01. The largest absolute Gasteiger partial charge is 0.481 e. The van der Waals surface area contributed by atoms with Crippen LogP contribution in [0.5, 0.6) is 17.5 Å². The van der Waals surface area contributed by atoms with Crippen LogP contribution in [0.3, 0.4) is 0 Å². The number of H-pyrrole nitrogens is 1. The van der Waals surface area contributed by atoms with E-state index in [2.05, 4.69) is 30.5 Å². The number of alkyl halides is 3. The Bertz CT molecular complexity index is 1280. The van der Waals surface area contributed by atoms with Crippen molar-refractivity contribution in [3.63, 3.8) is 0 Å². The van der Waals surface area contributed by atoms with Gasteiger partial charge in [0.25, 0.3) is 0 Å². The number of hydrogen-bond donors (Lipinski definition) is 3. The summed E-state index contributed by atoms with van der Waals surface area (Å²) in [4.78, 5) is 10.8. The lowest BCUT2D eigenvalue weighted by molar-refractivity contribution is -0.137. The lowest BCUT2D eigenvalue weighted by Crippen LogP contribution is -2.06. The maximum Gasteiger partial charge on any atom is 0.417 e. The molecule has 0 aliphatic carbocycles. The van der Waals surface area contributed by atoms with Crippen LogP contribution in [-0.2, 0) is 6.18 Å². The molecule has 0 spiro atoms. The predicted molar refractivity (Wildman–Crippen MR) is 115 cm³/mol. The number of halogens is 4. The van der Waals surface area contributed by atoms with E-state index in [1.807, 2.05) is 0 Å². The first-order valence-electron chi connectivity index (χ1n) is 9.24. The molecule has 0 radical (unpaired) electrons. The van der Waals surface area contributed by atoms with Crippen LogP contribution in [0, 0.1) is 0 Å². The third-order valence-electron chi connectivity index (χ3n) is 4.28. The van der Waals surface area contributed by atoms with E-state index in [0.717, 1.165) is 12.1 Å². The number of hydrogen-bond acceptors (Lipinski definition) is 8. The van der Waals surface area contributed by atoms with Crippen LogP contribution < -0.4 is 20.5 Å². The SMILES string of the molecule is COc1cc(Oc2ccc(-c3nnc(Nc4ccc(Cl)c(C(F)(F)F)c4)[nH]3)cc2)nc(N)n1. The fourth-order valence-electron chi connectivity index (χ4n) is 2.78. The number of ether oxygens (including phenoxy) is 2. The van der Waals surface area contributed by atoms with Crippen molar-refractivity contribution in [2.75, 3.05) is 18.2 Å². The van der Waals surface area contributed by atoms with Crippen molar-refractivity contribution in [1.29, 1.82) is 0 Å². The second-order valence-electron chi connectivity index (χ2n) is 6.57. The Labute approximate surface area is 189 Å². The van der Waals surface area contributed by atoms with Gasteiger partial charge in [-0.25, -0.2) is 0 Å². The van der Waals surface area contributed by atoms with E-state index < -0.39 is 16.8 Å². The van der Waals surface area contributed by atoms with Crippen molar-refractivity contribution >= 4 is 29.2 Å². The molecule has 4 rings (SSSR count). The zero-order chi connectivity index (χ0) is 23.6. The summed E-state index contributed by atoms with van der Waals surface area (Å²) in [6.07, 6.45) is -4.58. The molecule has 0 fully saturated rings. The molecule has 0 aliphatic rings. The molecule has 0 aliphatic heterocycles. The number of nitrogens with zero attached hydrogens (tertiary/aromatic N) is 4.